The van der Waals surface area contributed by atoms with Crippen LogP contribution >= 0.6 is 0 Å². The summed E-state index contributed by atoms with van der Waals surface area (Å²) < 4.78 is 5.69. The van der Waals surface area contributed by atoms with Gasteiger partial charge in [0.1, 0.15) is 12.4 Å². The fourth-order valence-corrected chi connectivity index (χ4v) is 2.28. The zero-order valence-corrected chi connectivity index (χ0v) is 13.3. The number of carboxylic acid groups (broad SMARTS) is 1. The fourth-order valence-electron chi connectivity index (χ4n) is 2.28. The Morgan fingerprint density at radius 2 is 1.81 bits per heavy atom. The van der Waals surface area contributed by atoms with Crippen molar-refractivity contribution in [2.75, 3.05) is 26.2 Å². The number of likely N-dealkylation sites (N-methyl/N-ethyl adjacent to an activating group) is 1. The van der Waals surface area contributed by atoms with E-state index in [0.29, 0.717) is 6.61 Å². The van der Waals surface area contributed by atoms with Crippen molar-refractivity contribution >= 4 is 5.97 Å². The first-order valence-corrected chi connectivity index (χ1v) is 7.79. The van der Waals surface area contributed by atoms with Gasteiger partial charge >= 0.3 is 5.97 Å². The van der Waals surface area contributed by atoms with Gasteiger partial charge in [0.05, 0.1) is 5.56 Å². The predicted molar refractivity (Wildman–Crippen MR) is 85.1 cm³/mol. The molecule has 0 saturated carbocycles. The van der Waals surface area contributed by atoms with Crippen molar-refractivity contribution in [3.05, 3.63) is 29.8 Å². The van der Waals surface area contributed by atoms with E-state index in [1.54, 1.807) is 24.3 Å². The van der Waals surface area contributed by atoms with Crippen LogP contribution in [0, 0.1) is 5.92 Å². The molecule has 0 fully saturated rings. The third-order valence-electron chi connectivity index (χ3n) is 3.90. The molecule has 0 amide bonds. The highest BCUT2D eigenvalue weighted by Crippen LogP contribution is 2.13. The first kappa shape index (κ1) is 17.5. The molecular weight excluding hydrogens is 266 g/mol. The Morgan fingerprint density at radius 1 is 1.19 bits per heavy atom. The van der Waals surface area contributed by atoms with Crippen LogP contribution in [0.2, 0.25) is 0 Å². The summed E-state index contributed by atoms with van der Waals surface area (Å²) in [4.78, 5) is 13.2. The highest BCUT2D eigenvalue weighted by Gasteiger charge is 2.10. The Labute approximate surface area is 127 Å². The van der Waals surface area contributed by atoms with Crippen LogP contribution in [0.5, 0.6) is 5.75 Å². The molecule has 0 aliphatic heterocycles. The maximum atomic E-state index is 10.8. The highest BCUT2D eigenvalue weighted by molar-refractivity contribution is 5.87. The summed E-state index contributed by atoms with van der Waals surface area (Å²) in [6.45, 7) is 10.3. The van der Waals surface area contributed by atoms with Gasteiger partial charge in [-0.2, -0.15) is 0 Å². The molecule has 0 aliphatic rings. The first-order valence-electron chi connectivity index (χ1n) is 7.79. The Kier molecular flexibility index (Phi) is 7.83. The largest absolute Gasteiger partial charge is 0.492 e. The molecule has 0 unspecified atom stereocenters. The molecule has 1 N–H and O–H groups in total. The molecule has 1 aromatic rings. The maximum Gasteiger partial charge on any atom is 0.335 e. The molecule has 1 rings (SSSR count). The van der Waals surface area contributed by atoms with Gasteiger partial charge in [0.15, 0.2) is 0 Å². The molecule has 0 aromatic heterocycles. The highest BCUT2D eigenvalue weighted by atomic mass is 16.5. The zero-order valence-electron chi connectivity index (χ0n) is 13.3. The van der Waals surface area contributed by atoms with Crippen LogP contribution in [-0.2, 0) is 0 Å². The predicted octanol–water partition coefficient (Wildman–Crippen LogP) is 3.52. The van der Waals surface area contributed by atoms with Crippen molar-refractivity contribution in [2.45, 2.75) is 33.6 Å². The van der Waals surface area contributed by atoms with Gasteiger partial charge in [-0.3, -0.25) is 4.90 Å². The van der Waals surface area contributed by atoms with Gasteiger partial charge in [-0.05, 0) is 36.7 Å². The normalized spacial score (nSPS) is 11.1. The van der Waals surface area contributed by atoms with E-state index >= 15 is 0 Å². The van der Waals surface area contributed by atoms with E-state index in [9.17, 15) is 4.79 Å². The molecule has 4 heteroatoms. The average Bonchev–Trinajstić information content (AvgIpc) is 2.51. The Bertz CT molecular complexity index is 413. The molecule has 4 nitrogen and oxygen atoms in total. The van der Waals surface area contributed by atoms with Crippen LogP contribution < -0.4 is 4.74 Å². The minimum atomic E-state index is -0.913. The monoisotopic (exact) mass is 293 g/mol. The molecule has 0 bridgehead atoms. The first-order chi connectivity index (χ1) is 10.1. The second-order valence-corrected chi connectivity index (χ2v) is 5.25. The number of benzene rings is 1. The lowest BCUT2D eigenvalue weighted by Crippen LogP contribution is -2.32. The Hall–Kier alpha value is -1.55. The van der Waals surface area contributed by atoms with Crippen molar-refractivity contribution < 1.29 is 14.6 Å². The number of rotatable bonds is 10. The number of carboxylic acids is 1. The van der Waals surface area contributed by atoms with E-state index in [1.807, 2.05) is 0 Å². The number of hydrogen-bond donors (Lipinski definition) is 1. The zero-order chi connectivity index (χ0) is 15.7. The van der Waals surface area contributed by atoms with Gasteiger partial charge in [0.2, 0.25) is 0 Å². The van der Waals surface area contributed by atoms with Crippen LogP contribution in [0.15, 0.2) is 24.3 Å². The summed E-state index contributed by atoms with van der Waals surface area (Å²) in [5.41, 5.74) is 0.284. The van der Waals surface area contributed by atoms with Crippen molar-refractivity contribution in [1.29, 1.82) is 0 Å². The maximum absolute atomic E-state index is 10.8. The van der Waals surface area contributed by atoms with Crippen molar-refractivity contribution in [1.82, 2.24) is 4.90 Å². The summed E-state index contributed by atoms with van der Waals surface area (Å²) in [5, 5.41) is 8.84. The molecule has 0 aliphatic carbocycles. The van der Waals surface area contributed by atoms with Gasteiger partial charge in [-0.1, -0.05) is 33.6 Å². The smallest absolute Gasteiger partial charge is 0.335 e. The van der Waals surface area contributed by atoms with Gasteiger partial charge in [0, 0.05) is 13.1 Å². The van der Waals surface area contributed by atoms with Gasteiger partial charge < -0.3 is 9.84 Å². The van der Waals surface area contributed by atoms with Gasteiger partial charge in [-0.25, -0.2) is 4.79 Å². The molecule has 0 saturated heterocycles. The number of aromatic carboxylic acids is 1. The van der Waals surface area contributed by atoms with Gasteiger partial charge in [0.25, 0.3) is 0 Å². The van der Waals surface area contributed by atoms with Crippen molar-refractivity contribution in [2.24, 2.45) is 5.92 Å². The van der Waals surface area contributed by atoms with E-state index in [4.69, 9.17) is 9.84 Å². The summed E-state index contributed by atoms with van der Waals surface area (Å²) >= 11 is 0. The standard InChI is InChI=1S/C17H27NO3/c1-4-14(5-2)13-18(6-3)11-12-21-16-9-7-15(8-10-16)17(19)20/h7-10,14H,4-6,11-13H2,1-3H3,(H,19,20). The lowest BCUT2D eigenvalue weighted by molar-refractivity contribution is 0.0697. The molecule has 0 spiro atoms. The van der Waals surface area contributed by atoms with Crippen LogP contribution in [0.3, 0.4) is 0 Å². The van der Waals surface area contributed by atoms with Gasteiger partial charge in [-0.15, -0.1) is 0 Å². The molecular formula is C17H27NO3. The number of nitrogens with zero attached hydrogens (tertiary/aromatic N) is 1. The third kappa shape index (κ3) is 6.17. The van der Waals surface area contributed by atoms with Crippen LogP contribution in [0.25, 0.3) is 0 Å². The quantitative estimate of drug-likeness (QED) is 0.717. The minimum Gasteiger partial charge on any atom is -0.492 e. The second-order valence-electron chi connectivity index (χ2n) is 5.25. The van der Waals surface area contributed by atoms with Crippen molar-refractivity contribution in [3.63, 3.8) is 0 Å². The lowest BCUT2D eigenvalue weighted by Gasteiger charge is -2.25. The molecule has 0 radical (unpaired) electrons. The van der Waals surface area contributed by atoms with Crippen LogP contribution in [0.1, 0.15) is 44.0 Å². The van der Waals surface area contributed by atoms with Crippen LogP contribution in [0.4, 0.5) is 0 Å². The molecule has 1 aromatic carbocycles. The molecule has 0 atom stereocenters. The van der Waals surface area contributed by atoms with E-state index in [2.05, 4.69) is 25.7 Å². The topological polar surface area (TPSA) is 49.8 Å². The summed E-state index contributed by atoms with van der Waals surface area (Å²) in [5.74, 6) is 0.558. The number of ether oxygens (including phenoxy) is 1. The SMILES string of the molecule is CCC(CC)CN(CC)CCOc1ccc(C(=O)O)cc1. The number of carbonyl (C=O) groups is 1. The molecule has 21 heavy (non-hydrogen) atoms. The third-order valence-corrected chi connectivity index (χ3v) is 3.90. The second kappa shape index (κ2) is 9.40. The van der Waals surface area contributed by atoms with E-state index < -0.39 is 5.97 Å². The van der Waals surface area contributed by atoms with Crippen molar-refractivity contribution in [3.8, 4) is 5.75 Å². The van der Waals surface area contributed by atoms with E-state index in [1.165, 1.54) is 12.8 Å². The van der Waals surface area contributed by atoms with Crippen LogP contribution in [-0.4, -0.2) is 42.2 Å². The average molecular weight is 293 g/mol. The summed E-state index contributed by atoms with van der Waals surface area (Å²) in [7, 11) is 0. The summed E-state index contributed by atoms with van der Waals surface area (Å²) in [6.07, 6.45) is 2.43. The minimum absolute atomic E-state index is 0.284. The Morgan fingerprint density at radius 3 is 2.29 bits per heavy atom. The van der Waals surface area contributed by atoms with E-state index in [0.717, 1.165) is 31.3 Å². The Balaban J connectivity index is 2.38. The van der Waals surface area contributed by atoms with E-state index in [-0.39, 0.29) is 5.56 Å². The fraction of sp³-hybridized carbons (Fsp3) is 0.588. The number of hydrogen-bond acceptors (Lipinski definition) is 3. The summed E-state index contributed by atoms with van der Waals surface area (Å²) in [6, 6.07) is 6.56. The lowest BCUT2D eigenvalue weighted by atomic mass is 10.0. The molecule has 0 heterocycles. The molecule has 118 valence electrons.